The number of benzene rings is 2. The Morgan fingerprint density at radius 2 is 1.96 bits per heavy atom. The average Bonchev–Trinajstić information content (AvgIpc) is 3.37. The number of carbonyl (C=O) groups is 1. The molecule has 1 aliphatic heterocycles. The first-order valence-electron chi connectivity index (χ1n) is 9.36. The molecule has 0 bridgehead atoms. The quantitative estimate of drug-likeness (QED) is 0.712. The second-order valence-corrected chi connectivity index (χ2v) is 7.05. The summed E-state index contributed by atoms with van der Waals surface area (Å²) in [4.78, 5) is 18.8. The lowest BCUT2D eigenvalue weighted by molar-refractivity contribution is 0.222. The van der Waals surface area contributed by atoms with Gasteiger partial charge in [0.25, 0.3) is 0 Å². The molecular weight excluding hydrogens is 354 g/mol. The van der Waals surface area contributed by atoms with Crippen LogP contribution in [0.5, 0.6) is 11.5 Å². The largest absolute Gasteiger partial charge is 0.455 e. The van der Waals surface area contributed by atoms with Crippen LogP contribution < -0.4 is 10.1 Å². The number of ether oxygens (including phenoxy) is 1. The zero-order valence-electron chi connectivity index (χ0n) is 16.0. The maximum atomic E-state index is 12.8. The highest BCUT2D eigenvalue weighted by atomic mass is 16.5. The monoisotopic (exact) mass is 377 g/mol. The Balaban J connectivity index is 1.48. The van der Waals surface area contributed by atoms with Crippen molar-refractivity contribution < 1.29 is 9.53 Å². The van der Waals surface area contributed by atoms with Gasteiger partial charge in [-0.1, -0.05) is 30.3 Å². The van der Waals surface area contributed by atoms with Gasteiger partial charge in [-0.05, 0) is 43.5 Å². The Hall–Kier alpha value is -3.35. The average molecular weight is 377 g/mol. The normalized spacial score (nSPS) is 16.2. The van der Waals surface area contributed by atoms with E-state index in [1.807, 2.05) is 56.3 Å². The maximum absolute atomic E-state index is 12.8. The van der Waals surface area contributed by atoms with Crippen LogP contribution in [0.2, 0.25) is 0 Å². The molecule has 2 aromatic carbocycles. The van der Waals surface area contributed by atoms with Crippen molar-refractivity contribution in [1.29, 1.82) is 0 Å². The van der Waals surface area contributed by atoms with Gasteiger partial charge in [0.1, 0.15) is 17.9 Å². The Morgan fingerprint density at radius 3 is 2.71 bits per heavy atom. The lowest BCUT2D eigenvalue weighted by atomic mass is 10.1. The molecule has 1 aliphatic rings. The lowest BCUT2D eigenvalue weighted by Gasteiger charge is -2.19. The predicted octanol–water partition coefficient (Wildman–Crippen LogP) is 4.24. The molecule has 2 heterocycles. The predicted molar refractivity (Wildman–Crippen MR) is 107 cm³/mol. The summed E-state index contributed by atoms with van der Waals surface area (Å²) >= 11 is 0. The van der Waals surface area contributed by atoms with Gasteiger partial charge in [0.05, 0.1) is 5.69 Å². The van der Waals surface area contributed by atoms with E-state index in [0.717, 1.165) is 29.1 Å². The van der Waals surface area contributed by atoms with Crippen molar-refractivity contribution in [3.63, 3.8) is 0 Å². The number of urea groups is 1. The van der Waals surface area contributed by atoms with Gasteiger partial charge in [-0.25, -0.2) is 9.78 Å². The topological polar surface area (TPSA) is 83.1 Å². The molecule has 144 valence electrons. The first-order valence-corrected chi connectivity index (χ1v) is 9.36. The number of aryl methyl sites for hydroxylation is 2. The van der Waals surface area contributed by atoms with Gasteiger partial charge < -0.3 is 15.0 Å². The number of H-pyrrole nitrogens is 1. The minimum absolute atomic E-state index is 0.139. The van der Waals surface area contributed by atoms with Crippen molar-refractivity contribution in [1.82, 2.24) is 20.1 Å². The summed E-state index contributed by atoms with van der Waals surface area (Å²) in [7, 11) is 0. The van der Waals surface area contributed by atoms with E-state index < -0.39 is 0 Å². The third-order valence-electron chi connectivity index (χ3n) is 5.05. The Morgan fingerprint density at radius 1 is 1.18 bits per heavy atom. The standard InChI is InChI=1S/C21H23N5O2/c1-14-6-5-7-15(2)19(14)28-18-9-4-3-8-17(18)24-21(27)26-11-10-16(12-26)20-22-13-23-25-20/h3-9,13,16H,10-12H2,1-2H3,(H,24,27)(H,22,23,25)/t16-/m0/s1. The number of hydrogen-bond acceptors (Lipinski definition) is 4. The minimum atomic E-state index is -0.139. The molecule has 0 aliphatic carbocycles. The molecule has 1 fully saturated rings. The SMILES string of the molecule is Cc1cccc(C)c1Oc1ccccc1NC(=O)N1CC[C@H](c2ncn[nH]2)C1. The number of nitrogens with zero attached hydrogens (tertiary/aromatic N) is 3. The summed E-state index contributed by atoms with van der Waals surface area (Å²) in [6.45, 7) is 5.31. The van der Waals surface area contributed by atoms with Crippen LogP contribution in [-0.2, 0) is 0 Å². The van der Waals surface area contributed by atoms with Gasteiger partial charge in [-0.15, -0.1) is 0 Å². The van der Waals surface area contributed by atoms with Crippen LogP contribution in [0.4, 0.5) is 10.5 Å². The van der Waals surface area contributed by atoms with Crippen molar-refractivity contribution in [2.75, 3.05) is 18.4 Å². The van der Waals surface area contributed by atoms with E-state index >= 15 is 0 Å². The molecule has 0 radical (unpaired) electrons. The summed E-state index contributed by atoms with van der Waals surface area (Å²) in [6.07, 6.45) is 2.36. The van der Waals surface area contributed by atoms with Crippen molar-refractivity contribution in [2.24, 2.45) is 0 Å². The van der Waals surface area contributed by atoms with Gasteiger partial charge in [0, 0.05) is 19.0 Å². The highest BCUT2D eigenvalue weighted by Crippen LogP contribution is 2.34. The molecule has 0 unspecified atom stereocenters. The number of hydrogen-bond donors (Lipinski definition) is 2. The highest BCUT2D eigenvalue weighted by Gasteiger charge is 2.29. The molecule has 1 atom stereocenters. The third-order valence-corrected chi connectivity index (χ3v) is 5.05. The molecular formula is C21H23N5O2. The van der Waals surface area contributed by atoms with Gasteiger partial charge in [0.2, 0.25) is 0 Å². The third kappa shape index (κ3) is 3.69. The summed E-state index contributed by atoms with van der Waals surface area (Å²) in [5.41, 5.74) is 2.75. The van der Waals surface area contributed by atoms with E-state index in [-0.39, 0.29) is 11.9 Å². The molecule has 1 saturated heterocycles. The summed E-state index contributed by atoms with van der Waals surface area (Å²) < 4.78 is 6.16. The number of nitrogens with one attached hydrogen (secondary N) is 2. The van der Waals surface area contributed by atoms with Crippen molar-refractivity contribution in [2.45, 2.75) is 26.2 Å². The molecule has 4 rings (SSSR count). The number of aromatic amines is 1. The number of amides is 2. The fourth-order valence-electron chi connectivity index (χ4n) is 3.50. The fourth-order valence-corrected chi connectivity index (χ4v) is 3.50. The van der Waals surface area contributed by atoms with Crippen LogP contribution in [0.15, 0.2) is 48.8 Å². The molecule has 2 amide bonds. The first-order chi connectivity index (χ1) is 13.6. The number of carbonyl (C=O) groups excluding carboxylic acids is 1. The number of para-hydroxylation sites is 3. The van der Waals surface area contributed by atoms with E-state index in [0.29, 0.717) is 24.5 Å². The molecule has 7 heteroatoms. The maximum Gasteiger partial charge on any atom is 0.321 e. The van der Waals surface area contributed by atoms with Gasteiger partial charge in [0.15, 0.2) is 5.75 Å². The lowest BCUT2D eigenvalue weighted by Crippen LogP contribution is -2.33. The highest BCUT2D eigenvalue weighted by molar-refractivity contribution is 5.91. The van der Waals surface area contributed by atoms with E-state index in [4.69, 9.17) is 4.74 Å². The zero-order chi connectivity index (χ0) is 19.5. The summed E-state index contributed by atoms with van der Waals surface area (Å²) in [6, 6.07) is 13.4. The molecule has 28 heavy (non-hydrogen) atoms. The molecule has 0 saturated carbocycles. The van der Waals surface area contributed by atoms with Crippen LogP contribution in [0.3, 0.4) is 0 Å². The van der Waals surface area contributed by atoms with Crippen LogP contribution >= 0.6 is 0 Å². The number of aromatic nitrogens is 3. The molecule has 1 aromatic heterocycles. The smallest absolute Gasteiger partial charge is 0.321 e. The van der Waals surface area contributed by atoms with Crippen LogP contribution in [0.1, 0.15) is 29.3 Å². The van der Waals surface area contributed by atoms with E-state index in [1.54, 1.807) is 4.90 Å². The number of likely N-dealkylation sites (tertiary alicyclic amines) is 1. The second-order valence-electron chi connectivity index (χ2n) is 7.05. The van der Waals surface area contributed by atoms with E-state index in [2.05, 4.69) is 20.5 Å². The molecule has 3 aromatic rings. The molecule has 2 N–H and O–H groups in total. The van der Waals surface area contributed by atoms with Gasteiger partial charge >= 0.3 is 6.03 Å². The zero-order valence-corrected chi connectivity index (χ0v) is 16.0. The van der Waals surface area contributed by atoms with E-state index in [1.165, 1.54) is 6.33 Å². The fraction of sp³-hybridized carbons (Fsp3) is 0.286. The van der Waals surface area contributed by atoms with Crippen LogP contribution in [-0.4, -0.2) is 39.2 Å². The van der Waals surface area contributed by atoms with Crippen molar-refractivity contribution in [3.8, 4) is 11.5 Å². The van der Waals surface area contributed by atoms with Crippen LogP contribution in [0, 0.1) is 13.8 Å². The Kier molecular flexibility index (Phi) is 4.97. The van der Waals surface area contributed by atoms with E-state index in [9.17, 15) is 4.79 Å². The van der Waals surface area contributed by atoms with Gasteiger partial charge in [-0.2, -0.15) is 5.10 Å². The minimum Gasteiger partial charge on any atom is -0.455 e. The second kappa shape index (κ2) is 7.72. The molecule has 0 spiro atoms. The van der Waals surface area contributed by atoms with Gasteiger partial charge in [-0.3, -0.25) is 5.10 Å². The summed E-state index contributed by atoms with van der Waals surface area (Å²) in [5.74, 6) is 2.46. The van der Waals surface area contributed by atoms with Crippen molar-refractivity contribution >= 4 is 11.7 Å². The molecule has 7 nitrogen and oxygen atoms in total. The number of anilines is 1. The Labute approximate surface area is 163 Å². The number of rotatable bonds is 4. The first kappa shape index (κ1) is 18.0. The Bertz CT molecular complexity index is 950. The summed E-state index contributed by atoms with van der Waals surface area (Å²) in [5, 5.41) is 9.79. The van der Waals surface area contributed by atoms with Crippen LogP contribution in [0.25, 0.3) is 0 Å². The van der Waals surface area contributed by atoms with Crippen molar-refractivity contribution in [3.05, 3.63) is 65.7 Å².